The van der Waals surface area contributed by atoms with Crippen LogP contribution in [0.1, 0.15) is 18.6 Å². The third-order valence-corrected chi connectivity index (χ3v) is 6.13. The summed E-state index contributed by atoms with van der Waals surface area (Å²) >= 11 is 3.15. The summed E-state index contributed by atoms with van der Waals surface area (Å²) in [6.07, 6.45) is 1.83. The Morgan fingerprint density at radius 2 is 2.35 bits per heavy atom. The molecular formula is C12H19BrN2O4S. The molecule has 1 aromatic rings. The molecule has 6 nitrogen and oxygen atoms in total. The average molecular weight is 367 g/mol. The van der Waals surface area contributed by atoms with Gasteiger partial charge in [-0.25, -0.2) is 8.42 Å². The normalized spacial score (nSPS) is 21.2. The van der Waals surface area contributed by atoms with Gasteiger partial charge in [-0.15, -0.1) is 0 Å². The molecule has 1 unspecified atom stereocenters. The van der Waals surface area contributed by atoms with Crippen LogP contribution in [0.25, 0.3) is 0 Å². The van der Waals surface area contributed by atoms with Gasteiger partial charge >= 0.3 is 0 Å². The second-order valence-electron chi connectivity index (χ2n) is 4.88. The van der Waals surface area contributed by atoms with Crippen molar-refractivity contribution in [3.8, 4) is 0 Å². The van der Waals surface area contributed by atoms with Crippen LogP contribution in [0.15, 0.2) is 20.0 Å². The fourth-order valence-corrected chi connectivity index (χ4v) is 4.95. The average Bonchev–Trinajstić information content (AvgIpc) is 2.81. The third-order valence-electron chi connectivity index (χ3n) is 3.41. The molecule has 0 aromatic carbocycles. The van der Waals surface area contributed by atoms with Gasteiger partial charge in [0.2, 0.25) is 10.0 Å². The molecule has 1 atom stereocenters. The molecule has 2 heterocycles. The summed E-state index contributed by atoms with van der Waals surface area (Å²) in [7, 11) is -1.92. The van der Waals surface area contributed by atoms with Gasteiger partial charge in [0, 0.05) is 26.3 Å². The number of halogens is 1. The molecule has 0 bridgehead atoms. The van der Waals surface area contributed by atoms with E-state index >= 15 is 0 Å². The van der Waals surface area contributed by atoms with Gasteiger partial charge in [0.25, 0.3) is 0 Å². The predicted molar refractivity (Wildman–Crippen MR) is 77.7 cm³/mol. The minimum atomic E-state index is -3.55. The Hall–Kier alpha value is -0.410. The highest BCUT2D eigenvalue weighted by atomic mass is 79.9. The maximum atomic E-state index is 12.6. The largest absolute Gasteiger partial charge is 0.452 e. The number of methoxy groups -OCH3 is 1. The molecule has 1 fully saturated rings. The molecule has 0 amide bonds. The van der Waals surface area contributed by atoms with Gasteiger partial charge in [0.1, 0.15) is 10.7 Å². The number of nitrogens with two attached hydrogens (primary N) is 1. The zero-order chi connectivity index (χ0) is 14.8. The highest BCUT2D eigenvalue weighted by Gasteiger charge is 2.33. The number of hydrogen-bond donors (Lipinski definition) is 1. The van der Waals surface area contributed by atoms with Gasteiger partial charge in [-0.05, 0) is 34.7 Å². The Morgan fingerprint density at radius 1 is 1.60 bits per heavy atom. The molecular weight excluding hydrogens is 348 g/mol. The van der Waals surface area contributed by atoms with Gasteiger partial charge in [-0.2, -0.15) is 4.31 Å². The van der Waals surface area contributed by atoms with Crippen molar-refractivity contribution in [2.75, 3.05) is 26.8 Å². The zero-order valence-electron chi connectivity index (χ0n) is 11.3. The molecule has 1 aliphatic heterocycles. The van der Waals surface area contributed by atoms with Crippen LogP contribution < -0.4 is 5.73 Å². The quantitative estimate of drug-likeness (QED) is 0.854. The van der Waals surface area contributed by atoms with Crippen LogP contribution in [0.4, 0.5) is 0 Å². The lowest BCUT2D eigenvalue weighted by Gasteiger charge is -2.31. The van der Waals surface area contributed by atoms with E-state index in [1.165, 1.54) is 10.4 Å². The van der Waals surface area contributed by atoms with E-state index in [4.69, 9.17) is 14.9 Å². The SMILES string of the molecule is COCC1CCCN(S(=O)(=O)c2cc(CN)oc2Br)C1. The number of nitrogens with zero attached hydrogens (tertiary/aromatic N) is 1. The Morgan fingerprint density at radius 3 is 2.95 bits per heavy atom. The fourth-order valence-electron chi connectivity index (χ4n) is 2.43. The molecule has 2 rings (SSSR count). The molecule has 1 saturated heterocycles. The fraction of sp³-hybridized carbons (Fsp3) is 0.667. The Kier molecular flexibility index (Phi) is 5.25. The first-order chi connectivity index (χ1) is 9.48. The molecule has 0 saturated carbocycles. The number of ether oxygens (including phenoxy) is 1. The van der Waals surface area contributed by atoms with Crippen LogP contribution >= 0.6 is 15.9 Å². The van der Waals surface area contributed by atoms with Crippen LogP contribution in [-0.4, -0.2) is 39.5 Å². The first-order valence-corrected chi connectivity index (χ1v) is 8.69. The van der Waals surface area contributed by atoms with E-state index in [2.05, 4.69) is 15.9 Å². The van der Waals surface area contributed by atoms with Crippen LogP contribution in [0.3, 0.4) is 0 Å². The van der Waals surface area contributed by atoms with Crippen molar-refractivity contribution in [1.82, 2.24) is 4.31 Å². The van der Waals surface area contributed by atoms with E-state index in [1.807, 2.05) is 0 Å². The molecule has 114 valence electrons. The number of rotatable bonds is 5. The topological polar surface area (TPSA) is 85.8 Å². The molecule has 1 aromatic heterocycles. The predicted octanol–water partition coefficient (Wildman–Crippen LogP) is 1.55. The highest BCUT2D eigenvalue weighted by molar-refractivity contribution is 9.10. The molecule has 8 heteroatoms. The summed E-state index contributed by atoms with van der Waals surface area (Å²) in [5.41, 5.74) is 5.48. The first kappa shape index (κ1) is 16.0. The maximum absolute atomic E-state index is 12.6. The van der Waals surface area contributed by atoms with Crippen molar-refractivity contribution < 1.29 is 17.6 Å². The summed E-state index contributed by atoms with van der Waals surface area (Å²) in [6, 6.07) is 1.49. The number of piperidine rings is 1. The smallest absolute Gasteiger partial charge is 0.247 e. The van der Waals surface area contributed by atoms with E-state index in [1.54, 1.807) is 7.11 Å². The van der Waals surface area contributed by atoms with Gasteiger partial charge in [0.15, 0.2) is 4.67 Å². The van der Waals surface area contributed by atoms with E-state index in [-0.39, 0.29) is 22.0 Å². The number of furan rings is 1. The minimum absolute atomic E-state index is 0.149. The van der Waals surface area contributed by atoms with Crippen molar-refractivity contribution in [2.45, 2.75) is 24.3 Å². The van der Waals surface area contributed by atoms with Crippen LogP contribution in [0, 0.1) is 5.92 Å². The molecule has 0 aliphatic carbocycles. The monoisotopic (exact) mass is 366 g/mol. The van der Waals surface area contributed by atoms with Gasteiger partial charge in [-0.3, -0.25) is 0 Å². The summed E-state index contributed by atoms with van der Waals surface area (Å²) in [6.45, 7) is 1.75. The zero-order valence-corrected chi connectivity index (χ0v) is 13.7. The van der Waals surface area contributed by atoms with Crippen LogP contribution in [0.2, 0.25) is 0 Å². The van der Waals surface area contributed by atoms with Crippen molar-refractivity contribution in [3.05, 3.63) is 16.5 Å². The van der Waals surface area contributed by atoms with E-state index in [0.717, 1.165) is 12.8 Å². The van der Waals surface area contributed by atoms with Crippen molar-refractivity contribution in [2.24, 2.45) is 11.7 Å². The van der Waals surface area contributed by atoms with E-state index in [0.29, 0.717) is 25.5 Å². The lowest BCUT2D eigenvalue weighted by Crippen LogP contribution is -2.41. The Balaban J connectivity index is 2.22. The van der Waals surface area contributed by atoms with Crippen LogP contribution in [-0.2, 0) is 21.3 Å². The number of hydrogen-bond acceptors (Lipinski definition) is 5. The second-order valence-corrected chi connectivity index (χ2v) is 7.51. The lowest BCUT2D eigenvalue weighted by molar-refractivity contribution is 0.118. The highest BCUT2D eigenvalue weighted by Crippen LogP contribution is 2.31. The maximum Gasteiger partial charge on any atom is 0.247 e. The minimum Gasteiger partial charge on any atom is -0.452 e. The lowest BCUT2D eigenvalue weighted by atomic mass is 10.0. The summed E-state index contributed by atoms with van der Waals surface area (Å²) in [5, 5.41) is 0. The van der Waals surface area contributed by atoms with Crippen molar-refractivity contribution in [1.29, 1.82) is 0 Å². The second kappa shape index (κ2) is 6.57. The van der Waals surface area contributed by atoms with Crippen LogP contribution in [0.5, 0.6) is 0 Å². The summed E-state index contributed by atoms with van der Waals surface area (Å²) < 4.78 is 37.4. The summed E-state index contributed by atoms with van der Waals surface area (Å²) in [4.78, 5) is 0.149. The Bertz CT molecular complexity index is 556. The molecule has 20 heavy (non-hydrogen) atoms. The summed E-state index contributed by atoms with van der Waals surface area (Å²) in [5.74, 6) is 0.684. The molecule has 2 N–H and O–H groups in total. The van der Waals surface area contributed by atoms with Gasteiger partial charge < -0.3 is 14.9 Å². The van der Waals surface area contributed by atoms with E-state index < -0.39 is 10.0 Å². The molecule has 0 spiro atoms. The van der Waals surface area contributed by atoms with Gasteiger partial charge in [-0.1, -0.05) is 0 Å². The molecule has 0 radical (unpaired) electrons. The molecule has 1 aliphatic rings. The third kappa shape index (κ3) is 3.25. The number of sulfonamides is 1. The van der Waals surface area contributed by atoms with Crippen molar-refractivity contribution >= 4 is 26.0 Å². The Labute approximate surface area is 127 Å². The van der Waals surface area contributed by atoms with Crippen molar-refractivity contribution in [3.63, 3.8) is 0 Å². The first-order valence-electron chi connectivity index (χ1n) is 6.46. The van der Waals surface area contributed by atoms with E-state index in [9.17, 15) is 8.42 Å². The standard InChI is InChI=1S/C12H19BrN2O4S/c1-18-8-9-3-2-4-15(7-9)20(16,17)11-5-10(6-14)19-12(11)13/h5,9H,2-4,6-8,14H2,1H3. The van der Waals surface area contributed by atoms with Gasteiger partial charge in [0.05, 0.1) is 13.2 Å².